The van der Waals surface area contributed by atoms with Crippen LogP contribution in [0.1, 0.15) is 49.9 Å². The molecule has 2 rings (SSSR count). The summed E-state index contributed by atoms with van der Waals surface area (Å²) >= 11 is 0. The summed E-state index contributed by atoms with van der Waals surface area (Å²) < 4.78 is 27.1. The highest BCUT2D eigenvalue weighted by molar-refractivity contribution is 6.02. The molecule has 2 nitrogen and oxygen atoms in total. The zero-order valence-electron chi connectivity index (χ0n) is 12.1. The number of rotatable bonds is 3. The summed E-state index contributed by atoms with van der Waals surface area (Å²) in [5.41, 5.74) is -0.960. The topological polar surface area (TPSA) is 20.3 Å². The Labute approximate surface area is 118 Å². The number of ketones is 1. The molecule has 0 radical (unpaired) electrons. The second kappa shape index (κ2) is 6.00. The van der Waals surface area contributed by atoms with Gasteiger partial charge in [-0.3, -0.25) is 9.69 Å². The molecule has 20 heavy (non-hydrogen) atoms. The number of halogens is 2. The molecule has 1 aliphatic rings. The Bertz CT molecular complexity index is 491. The van der Waals surface area contributed by atoms with Crippen LogP contribution in [-0.4, -0.2) is 29.3 Å². The van der Waals surface area contributed by atoms with Gasteiger partial charge < -0.3 is 0 Å². The van der Waals surface area contributed by atoms with Gasteiger partial charge in [-0.15, -0.1) is 0 Å². The Kier molecular flexibility index (Phi) is 4.53. The van der Waals surface area contributed by atoms with E-state index in [0.717, 1.165) is 57.0 Å². The molecule has 0 saturated carbocycles. The maximum absolute atomic E-state index is 13.8. The molecule has 1 aromatic rings. The minimum atomic E-state index is -0.807. The van der Waals surface area contributed by atoms with Crippen LogP contribution in [0.4, 0.5) is 8.78 Å². The van der Waals surface area contributed by atoms with Crippen molar-refractivity contribution in [3.63, 3.8) is 0 Å². The molecule has 0 unspecified atom stereocenters. The van der Waals surface area contributed by atoms with Crippen molar-refractivity contribution in [3.8, 4) is 0 Å². The van der Waals surface area contributed by atoms with Crippen LogP contribution < -0.4 is 0 Å². The number of hydrogen-bond donors (Lipinski definition) is 0. The Morgan fingerprint density at radius 2 is 1.70 bits per heavy atom. The molecule has 0 aliphatic carbocycles. The Balaban J connectivity index is 2.27. The van der Waals surface area contributed by atoms with Crippen LogP contribution in [0.25, 0.3) is 0 Å². The summed E-state index contributed by atoms with van der Waals surface area (Å²) in [6.07, 6.45) is 4.41. The van der Waals surface area contributed by atoms with Gasteiger partial charge in [0.05, 0.1) is 11.1 Å². The monoisotopic (exact) mass is 281 g/mol. The van der Waals surface area contributed by atoms with Crippen molar-refractivity contribution in [2.75, 3.05) is 13.1 Å². The number of carbonyl (C=O) groups is 1. The van der Waals surface area contributed by atoms with Crippen LogP contribution in [-0.2, 0) is 0 Å². The molecule has 110 valence electrons. The second-order valence-electron chi connectivity index (χ2n) is 5.91. The fourth-order valence-corrected chi connectivity index (χ4v) is 2.77. The SMILES string of the molecule is CC(C)(C(=O)c1cc(F)ccc1F)N1CCCCCC1. The summed E-state index contributed by atoms with van der Waals surface area (Å²) in [6, 6.07) is 3.04. The second-order valence-corrected chi connectivity index (χ2v) is 5.91. The van der Waals surface area contributed by atoms with Gasteiger partial charge in [0.15, 0.2) is 5.78 Å². The first-order chi connectivity index (χ1) is 9.43. The van der Waals surface area contributed by atoms with Gasteiger partial charge in [-0.2, -0.15) is 0 Å². The van der Waals surface area contributed by atoms with Gasteiger partial charge in [-0.1, -0.05) is 12.8 Å². The number of likely N-dealkylation sites (tertiary alicyclic amines) is 1. The molecular weight excluding hydrogens is 260 g/mol. The third kappa shape index (κ3) is 3.06. The van der Waals surface area contributed by atoms with Crippen molar-refractivity contribution >= 4 is 5.78 Å². The fourth-order valence-electron chi connectivity index (χ4n) is 2.77. The third-order valence-electron chi connectivity index (χ3n) is 4.13. The average Bonchev–Trinajstić information content (AvgIpc) is 2.70. The van der Waals surface area contributed by atoms with Gasteiger partial charge in [0, 0.05) is 0 Å². The first kappa shape index (κ1) is 15.1. The van der Waals surface area contributed by atoms with Gasteiger partial charge in [0.25, 0.3) is 0 Å². The Morgan fingerprint density at radius 1 is 1.10 bits per heavy atom. The minimum Gasteiger partial charge on any atom is -0.292 e. The van der Waals surface area contributed by atoms with Crippen LogP contribution in [0.5, 0.6) is 0 Å². The summed E-state index contributed by atoms with van der Waals surface area (Å²) in [5, 5.41) is 0. The van der Waals surface area contributed by atoms with Gasteiger partial charge in [0.2, 0.25) is 0 Å². The van der Waals surface area contributed by atoms with Crippen LogP contribution in [0, 0.1) is 11.6 Å². The standard InChI is InChI=1S/C16H21F2NO/c1-16(2,19-9-5-3-4-6-10-19)15(20)13-11-12(17)7-8-14(13)18/h7-8,11H,3-6,9-10H2,1-2H3. The predicted octanol–water partition coefficient (Wildman–Crippen LogP) is 3.80. The van der Waals surface area contributed by atoms with Crippen molar-refractivity contribution < 1.29 is 13.6 Å². The lowest BCUT2D eigenvalue weighted by Gasteiger charge is -2.36. The Morgan fingerprint density at radius 3 is 2.30 bits per heavy atom. The van der Waals surface area contributed by atoms with Crippen LogP contribution in [0.3, 0.4) is 0 Å². The summed E-state index contributed by atoms with van der Waals surface area (Å²) in [4.78, 5) is 14.7. The molecular formula is C16H21F2NO. The van der Waals surface area contributed by atoms with Crippen molar-refractivity contribution in [1.29, 1.82) is 0 Å². The van der Waals surface area contributed by atoms with Crippen LogP contribution >= 0.6 is 0 Å². The first-order valence-electron chi connectivity index (χ1n) is 7.18. The quantitative estimate of drug-likeness (QED) is 0.785. The summed E-state index contributed by atoms with van der Waals surface area (Å²) in [5.74, 6) is -1.59. The van der Waals surface area contributed by atoms with E-state index in [-0.39, 0.29) is 11.3 Å². The van der Waals surface area contributed by atoms with Crippen molar-refractivity contribution in [3.05, 3.63) is 35.4 Å². The van der Waals surface area contributed by atoms with Gasteiger partial charge in [-0.25, -0.2) is 8.78 Å². The number of Topliss-reactive ketones (excluding diaryl/α,β-unsaturated/α-hetero) is 1. The van der Waals surface area contributed by atoms with Crippen molar-refractivity contribution in [2.24, 2.45) is 0 Å². The lowest BCUT2D eigenvalue weighted by atomic mass is 9.90. The van der Waals surface area contributed by atoms with E-state index in [4.69, 9.17) is 0 Å². The summed E-state index contributed by atoms with van der Waals surface area (Å²) in [6.45, 7) is 5.25. The predicted molar refractivity (Wildman–Crippen MR) is 74.8 cm³/mol. The minimum absolute atomic E-state index is 0.153. The molecule has 0 spiro atoms. The molecule has 0 atom stereocenters. The molecule has 1 saturated heterocycles. The van der Waals surface area contributed by atoms with E-state index in [1.54, 1.807) is 13.8 Å². The largest absolute Gasteiger partial charge is 0.292 e. The highest BCUT2D eigenvalue weighted by Crippen LogP contribution is 2.25. The zero-order valence-corrected chi connectivity index (χ0v) is 12.1. The van der Waals surface area contributed by atoms with Crippen molar-refractivity contribution in [2.45, 2.75) is 45.1 Å². The van der Waals surface area contributed by atoms with Crippen LogP contribution in [0.15, 0.2) is 18.2 Å². The number of hydrogen-bond acceptors (Lipinski definition) is 2. The van der Waals surface area contributed by atoms with Crippen LogP contribution in [0.2, 0.25) is 0 Å². The molecule has 4 heteroatoms. The van der Waals surface area contributed by atoms with Gasteiger partial charge >= 0.3 is 0 Å². The lowest BCUT2D eigenvalue weighted by Crippen LogP contribution is -2.50. The molecule has 1 heterocycles. The highest BCUT2D eigenvalue weighted by Gasteiger charge is 2.36. The van der Waals surface area contributed by atoms with E-state index >= 15 is 0 Å². The molecule has 1 aromatic carbocycles. The van der Waals surface area contributed by atoms with Gasteiger partial charge in [-0.05, 0) is 58.0 Å². The van der Waals surface area contributed by atoms with E-state index in [0.29, 0.717) is 0 Å². The van der Waals surface area contributed by atoms with E-state index in [1.165, 1.54) is 0 Å². The Hall–Kier alpha value is -1.29. The van der Waals surface area contributed by atoms with E-state index in [1.807, 2.05) is 0 Å². The zero-order chi connectivity index (χ0) is 14.8. The maximum Gasteiger partial charge on any atom is 0.185 e. The van der Waals surface area contributed by atoms with E-state index < -0.39 is 17.2 Å². The molecule has 1 fully saturated rings. The molecule has 1 aliphatic heterocycles. The molecule has 0 N–H and O–H groups in total. The fraction of sp³-hybridized carbons (Fsp3) is 0.562. The number of carbonyl (C=O) groups excluding carboxylic acids is 1. The lowest BCUT2D eigenvalue weighted by molar-refractivity contribution is 0.0645. The van der Waals surface area contributed by atoms with E-state index in [9.17, 15) is 13.6 Å². The molecule has 0 aromatic heterocycles. The molecule has 0 bridgehead atoms. The smallest absolute Gasteiger partial charge is 0.185 e. The maximum atomic E-state index is 13.8. The molecule has 0 amide bonds. The van der Waals surface area contributed by atoms with Gasteiger partial charge in [0.1, 0.15) is 11.6 Å². The number of benzene rings is 1. The summed E-state index contributed by atoms with van der Waals surface area (Å²) in [7, 11) is 0. The number of nitrogens with zero attached hydrogens (tertiary/aromatic N) is 1. The third-order valence-corrected chi connectivity index (χ3v) is 4.13. The highest BCUT2D eigenvalue weighted by atomic mass is 19.1. The van der Waals surface area contributed by atoms with E-state index in [2.05, 4.69) is 4.90 Å². The normalized spacial score (nSPS) is 17.8. The average molecular weight is 281 g/mol. The first-order valence-corrected chi connectivity index (χ1v) is 7.18. The van der Waals surface area contributed by atoms with Crippen molar-refractivity contribution in [1.82, 2.24) is 4.90 Å².